The van der Waals surface area contributed by atoms with E-state index in [-0.39, 0.29) is 0 Å². The molecule has 2 atom stereocenters. The largest absolute Gasteiger partial charge is 0.272 e. The summed E-state index contributed by atoms with van der Waals surface area (Å²) in [5, 5.41) is 5.65. The standard InChI is InChI=1S/C24H23FN4/c1-16-4-9-22(20-13-27-29(15-20)14-17-5-8-21(25)11-17)24(28-16)19-7-6-18-3-2-10-26-23(18)12-19/h2-4,6-7,9-10,12-13,15,17,21H,5,8,11,14H2,1H3/t17-,21+/m0/s1. The molecular weight excluding hydrogens is 363 g/mol. The molecule has 1 saturated carbocycles. The normalized spacial score (nSPS) is 19.1. The van der Waals surface area contributed by atoms with Gasteiger partial charge in [-0.2, -0.15) is 5.10 Å². The van der Waals surface area contributed by atoms with Crippen molar-refractivity contribution in [2.24, 2.45) is 5.92 Å². The summed E-state index contributed by atoms with van der Waals surface area (Å²) in [6, 6.07) is 14.4. The summed E-state index contributed by atoms with van der Waals surface area (Å²) in [5.41, 5.74) is 5.98. The van der Waals surface area contributed by atoms with Gasteiger partial charge in [0.05, 0.1) is 17.4 Å². The van der Waals surface area contributed by atoms with Gasteiger partial charge >= 0.3 is 0 Å². The van der Waals surface area contributed by atoms with Crippen molar-refractivity contribution in [1.29, 1.82) is 0 Å². The van der Waals surface area contributed by atoms with Crippen LogP contribution in [-0.4, -0.2) is 25.9 Å². The van der Waals surface area contributed by atoms with Crippen molar-refractivity contribution < 1.29 is 4.39 Å². The van der Waals surface area contributed by atoms with E-state index in [1.54, 1.807) is 0 Å². The number of hydrogen-bond donors (Lipinski definition) is 0. The van der Waals surface area contributed by atoms with E-state index in [2.05, 4.69) is 46.6 Å². The summed E-state index contributed by atoms with van der Waals surface area (Å²) >= 11 is 0. The van der Waals surface area contributed by atoms with E-state index in [0.29, 0.717) is 18.8 Å². The van der Waals surface area contributed by atoms with Gasteiger partial charge in [0.15, 0.2) is 0 Å². The molecule has 1 aromatic carbocycles. The molecule has 0 saturated heterocycles. The number of fused-ring (bicyclic) bond motifs is 1. The highest BCUT2D eigenvalue weighted by Crippen LogP contribution is 2.33. The first-order valence-electron chi connectivity index (χ1n) is 10.2. The van der Waals surface area contributed by atoms with Crippen LogP contribution in [0, 0.1) is 12.8 Å². The van der Waals surface area contributed by atoms with Gasteiger partial charge in [-0.25, -0.2) is 4.39 Å². The van der Waals surface area contributed by atoms with Crippen molar-refractivity contribution in [1.82, 2.24) is 19.7 Å². The van der Waals surface area contributed by atoms with Crippen LogP contribution >= 0.6 is 0 Å². The van der Waals surface area contributed by atoms with Crippen molar-refractivity contribution in [2.45, 2.75) is 38.9 Å². The first-order valence-corrected chi connectivity index (χ1v) is 10.2. The number of halogens is 1. The summed E-state index contributed by atoms with van der Waals surface area (Å²) in [7, 11) is 0. The van der Waals surface area contributed by atoms with Gasteiger partial charge in [-0.05, 0) is 50.3 Å². The Bertz CT molecular complexity index is 1170. The molecule has 4 nitrogen and oxygen atoms in total. The fourth-order valence-corrected chi connectivity index (χ4v) is 4.27. The lowest BCUT2D eigenvalue weighted by molar-refractivity contribution is 0.320. The molecule has 1 aliphatic rings. The van der Waals surface area contributed by atoms with Crippen LogP contribution in [0.5, 0.6) is 0 Å². The summed E-state index contributed by atoms with van der Waals surface area (Å²) in [6.45, 7) is 2.78. The monoisotopic (exact) mass is 386 g/mol. The number of alkyl halides is 1. The fourth-order valence-electron chi connectivity index (χ4n) is 4.27. The van der Waals surface area contributed by atoms with Crippen molar-refractivity contribution >= 4 is 10.9 Å². The predicted octanol–water partition coefficient (Wildman–Crippen LogP) is 5.61. The number of pyridine rings is 2. The maximum absolute atomic E-state index is 13.5. The maximum atomic E-state index is 13.5. The molecule has 3 heterocycles. The Morgan fingerprint density at radius 1 is 1.10 bits per heavy atom. The highest BCUT2D eigenvalue weighted by molar-refractivity contribution is 5.87. The topological polar surface area (TPSA) is 43.6 Å². The molecule has 5 rings (SSSR count). The van der Waals surface area contributed by atoms with Crippen LogP contribution in [0.2, 0.25) is 0 Å². The third-order valence-corrected chi connectivity index (χ3v) is 5.78. The van der Waals surface area contributed by atoms with Crippen LogP contribution in [0.3, 0.4) is 0 Å². The van der Waals surface area contributed by atoms with Gasteiger partial charge in [-0.3, -0.25) is 14.6 Å². The first-order chi connectivity index (χ1) is 14.2. The number of nitrogens with zero attached hydrogens (tertiary/aromatic N) is 4. The molecule has 1 fully saturated rings. The quantitative estimate of drug-likeness (QED) is 0.458. The van der Waals surface area contributed by atoms with Crippen LogP contribution in [0.4, 0.5) is 4.39 Å². The summed E-state index contributed by atoms with van der Waals surface area (Å²) in [6.07, 6.45) is 7.38. The zero-order valence-corrected chi connectivity index (χ0v) is 16.4. The SMILES string of the molecule is Cc1ccc(-c2cnn(C[C@H]3CC[C@@H](F)C3)c2)c(-c2ccc3cccnc3c2)n1. The number of benzene rings is 1. The second-order valence-electron chi connectivity index (χ2n) is 7.99. The smallest absolute Gasteiger partial charge is 0.100 e. The molecule has 0 aliphatic heterocycles. The lowest BCUT2D eigenvalue weighted by Gasteiger charge is -2.10. The van der Waals surface area contributed by atoms with Gasteiger partial charge < -0.3 is 0 Å². The highest BCUT2D eigenvalue weighted by Gasteiger charge is 2.24. The van der Waals surface area contributed by atoms with Crippen LogP contribution in [-0.2, 0) is 6.54 Å². The third-order valence-electron chi connectivity index (χ3n) is 5.78. The molecule has 0 bridgehead atoms. The van der Waals surface area contributed by atoms with Crippen LogP contribution in [0.25, 0.3) is 33.3 Å². The second kappa shape index (κ2) is 7.39. The van der Waals surface area contributed by atoms with Crippen molar-refractivity contribution in [3.63, 3.8) is 0 Å². The minimum atomic E-state index is -0.649. The van der Waals surface area contributed by atoms with Crippen LogP contribution < -0.4 is 0 Å². The van der Waals surface area contributed by atoms with Crippen LogP contribution in [0.15, 0.2) is 61.1 Å². The second-order valence-corrected chi connectivity index (χ2v) is 7.99. The number of aromatic nitrogens is 4. The molecule has 0 unspecified atom stereocenters. The Hall–Kier alpha value is -3.08. The fraction of sp³-hybridized carbons (Fsp3) is 0.292. The molecule has 0 amide bonds. The van der Waals surface area contributed by atoms with E-state index in [4.69, 9.17) is 4.98 Å². The van der Waals surface area contributed by atoms with Gasteiger partial charge in [-0.15, -0.1) is 0 Å². The molecule has 0 N–H and O–H groups in total. The molecule has 146 valence electrons. The summed E-state index contributed by atoms with van der Waals surface area (Å²) < 4.78 is 15.4. The zero-order chi connectivity index (χ0) is 19.8. The number of aryl methyl sites for hydroxylation is 1. The molecule has 0 spiro atoms. The van der Waals surface area contributed by atoms with Crippen LogP contribution in [0.1, 0.15) is 25.0 Å². The predicted molar refractivity (Wildman–Crippen MR) is 113 cm³/mol. The molecule has 29 heavy (non-hydrogen) atoms. The highest BCUT2D eigenvalue weighted by atomic mass is 19.1. The maximum Gasteiger partial charge on any atom is 0.100 e. The Morgan fingerprint density at radius 2 is 2.03 bits per heavy atom. The minimum Gasteiger partial charge on any atom is -0.272 e. The number of rotatable bonds is 4. The van der Waals surface area contributed by atoms with Crippen molar-refractivity contribution in [3.05, 3.63) is 66.7 Å². The van der Waals surface area contributed by atoms with E-state index < -0.39 is 6.17 Å². The lowest BCUT2D eigenvalue weighted by atomic mass is 10.00. The van der Waals surface area contributed by atoms with E-state index in [9.17, 15) is 4.39 Å². The average Bonchev–Trinajstić information content (AvgIpc) is 3.36. The van der Waals surface area contributed by atoms with Gasteiger partial charge in [0.2, 0.25) is 0 Å². The van der Waals surface area contributed by atoms with E-state index in [1.807, 2.05) is 36.1 Å². The lowest BCUT2D eigenvalue weighted by Crippen LogP contribution is -2.08. The Labute approximate surface area is 169 Å². The molecule has 3 aromatic heterocycles. The zero-order valence-electron chi connectivity index (χ0n) is 16.4. The molecular formula is C24H23FN4. The van der Waals surface area contributed by atoms with Gasteiger partial charge in [0.1, 0.15) is 6.17 Å². The average molecular weight is 386 g/mol. The Morgan fingerprint density at radius 3 is 2.90 bits per heavy atom. The van der Waals surface area contributed by atoms with E-state index in [0.717, 1.165) is 51.9 Å². The minimum absolute atomic E-state index is 0.375. The molecule has 5 heteroatoms. The van der Waals surface area contributed by atoms with Gasteiger partial charge in [-0.1, -0.05) is 24.3 Å². The van der Waals surface area contributed by atoms with Crippen molar-refractivity contribution in [2.75, 3.05) is 0 Å². The first kappa shape index (κ1) is 18.0. The number of hydrogen-bond acceptors (Lipinski definition) is 3. The van der Waals surface area contributed by atoms with E-state index in [1.165, 1.54) is 0 Å². The summed E-state index contributed by atoms with van der Waals surface area (Å²) in [4.78, 5) is 9.32. The van der Waals surface area contributed by atoms with E-state index >= 15 is 0 Å². The van der Waals surface area contributed by atoms with Gasteiger partial charge in [0, 0.05) is 46.7 Å². The Balaban J connectivity index is 1.51. The molecule has 1 aliphatic carbocycles. The summed E-state index contributed by atoms with van der Waals surface area (Å²) in [5.74, 6) is 0.375. The van der Waals surface area contributed by atoms with Crippen molar-refractivity contribution in [3.8, 4) is 22.4 Å². The molecule has 0 radical (unpaired) electrons. The Kier molecular flexibility index (Phi) is 4.58. The van der Waals surface area contributed by atoms with Gasteiger partial charge in [0.25, 0.3) is 0 Å². The molecule has 4 aromatic rings. The third kappa shape index (κ3) is 3.65.